The fourth-order valence-corrected chi connectivity index (χ4v) is 4.08. The van der Waals surface area contributed by atoms with Crippen LogP contribution in [0.3, 0.4) is 0 Å². The predicted octanol–water partition coefficient (Wildman–Crippen LogP) is 4.46. The molecule has 38 heavy (non-hydrogen) atoms. The fraction of sp³-hybridized carbons (Fsp3) is 0.321. The van der Waals surface area contributed by atoms with Crippen LogP contribution >= 0.6 is 0 Å². The van der Waals surface area contributed by atoms with Crippen molar-refractivity contribution >= 4 is 23.6 Å². The van der Waals surface area contributed by atoms with Gasteiger partial charge in [0.1, 0.15) is 13.2 Å². The number of nitrogens with one attached hydrogen (secondary N) is 1. The molecular weight excluding hydrogens is 492 g/mol. The Kier molecular flexibility index (Phi) is 9.37. The first-order valence-electron chi connectivity index (χ1n) is 12.1. The third kappa shape index (κ3) is 7.06. The minimum absolute atomic E-state index is 0.0875. The van der Waals surface area contributed by atoms with E-state index in [0.717, 1.165) is 5.56 Å². The van der Waals surface area contributed by atoms with Gasteiger partial charge in [-0.3, -0.25) is 14.9 Å². The maximum atomic E-state index is 13.3. The molecule has 0 bridgehead atoms. The van der Waals surface area contributed by atoms with Gasteiger partial charge in [-0.15, -0.1) is 0 Å². The number of nitrogens with zero attached hydrogens (tertiary/aromatic N) is 1. The highest BCUT2D eigenvalue weighted by molar-refractivity contribution is 6.00. The van der Waals surface area contributed by atoms with E-state index in [4.69, 9.17) is 14.2 Å². The summed E-state index contributed by atoms with van der Waals surface area (Å²) in [6, 6.07) is 14.9. The highest BCUT2D eigenvalue weighted by Gasteiger charge is 2.38. The highest BCUT2D eigenvalue weighted by atomic mass is 16.6. The van der Waals surface area contributed by atoms with E-state index >= 15 is 0 Å². The molecule has 1 N–H and O–H groups in total. The van der Waals surface area contributed by atoms with Crippen molar-refractivity contribution in [3.63, 3.8) is 0 Å². The third-order valence-corrected chi connectivity index (χ3v) is 5.74. The number of hydrogen-bond donors (Lipinski definition) is 1. The summed E-state index contributed by atoms with van der Waals surface area (Å²) < 4.78 is 16.0. The zero-order valence-electron chi connectivity index (χ0n) is 21.7. The Morgan fingerprint density at radius 1 is 0.947 bits per heavy atom. The summed E-state index contributed by atoms with van der Waals surface area (Å²) in [5.41, 5.74) is 2.08. The Balaban J connectivity index is 1.82. The van der Waals surface area contributed by atoms with Crippen LogP contribution < -0.4 is 5.32 Å². The summed E-state index contributed by atoms with van der Waals surface area (Å²) in [7, 11) is 0. The van der Waals surface area contributed by atoms with Crippen LogP contribution in [0.2, 0.25) is 0 Å². The molecule has 0 fully saturated rings. The maximum absolute atomic E-state index is 13.3. The lowest BCUT2D eigenvalue weighted by molar-refractivity contribution is -0.384. The number of benzene rings is 2. The Morgan fingerprint density at radius 3 is 2.24 bits per heavy atom. The van der Waals surface area contributed by atoms with E-state index < -0.39 is 34.9 Å². The smallest absolute Gasteiger partial charge is 0.337 e. The van der Waals surface area contributed by atoms with Crippen molar-refractivity contribution in [3.8, 4) is 0 Å². The first-order chi connectivity index (χ1) is 18.1. The molecule has 10 heteroatoms. The summed E-state index contributed by atoms with van der Waals surface area (Å²) in [6.07, 6.45) is -0.602. The first kappa shape index (κ1) is 28.1. The van der Waals surface area contributed by atoms with Crippen molar-refractivity contribution in [1.82, 2.24) is 5.32 Å². The van der Waals surface area contributed by atoms with Gasteiger partial charge in [-0.1, -0.05) is 42.5 Å². The van der Waals surface area contributed by atoms with Crippen LogP contribution in [0.4, 0.5) is 5.69 Å². The van der Waals surface area contributed by atoms with E-state index in [1.165, 1.54) is 18.2 Å². The van der Waals surface area contributed by atoms with E-state index in [9.17, 15) is 24.5 Å². The van der Waals surface area contributed by atoms with Crippen LogP contribution in [0.25, 0.3) is 0 Å². The number of esters is 3. The minimum Gasteiger partial charge on any atom is -0.462 e. The highest BCUT2D eigenvalue weighted by Crippen LogP contribution is 2.40. The van der Waals surface area contributed by atoms with Gasteiger partial charge in [0.05, 0.1) is 34.5 Å². The third-order valence-electron chi connectivity index (χ3n) is 5.74. The van der Waals surface area contributed by atoms with Gasteiger partial charge >= 0.3 is 17.9 Å². The Bertz CT molecular complexity index is 1280. The topological polar surface area (TPSA) is 134 Å². The maximum Gasteiger partial charge on any atom is 0.337 e. The molecule has 0 spiro atoms. The Hall–Kier alpha value is -4.47. The average Bonchev–Trinajstić information content (AvgIpc) is 2.87. The molecule has 0 saturated carbocycles. The number of non-ortho nitro benzene ring substituents is 1. The summed E-state index contributed by atoms with van der Waals surface area (Å²) >= 11 is 0. The van der Waals surface area contributed by atoms with Crippen LogP contribution in [-0.4, -0.2) is 35.5 Å². The molecule has 1 atom stereocenters. The monoisotopic (exact) mass is 522 g/mol. The lowest BCUT2D eigenvalue weighted by atomic mass is 9.80. The van der Waals surface area contributed by atoms with Crippen molar-refractivity contribution < 1.29 is 33.5 Å². The van der Waals surface area contributed by atoms with Crippen LogP contribution in [0.1, 0.15) is 51.2 Å². The first-order valence-corrected chi connectivity index (χ1v) is 12.1. The van der Waals surface area contributed by atoms with Crippen molar-refractivity contribution in [2.45, 2.75) is 52.7 Å². The predicted molar refractivity (Wildman–Crippen MR) is 137 cm³/mol. The number of carbonyl (C=O) groups excluding carboxylic acids is 3. The van der Waals surface area contributed by atoms with Gasteiger partial charge in [0, 0.05) is 23.5 Å². The molecule has 0 amide bonds. The quantitative estimate of drug-likeness (QED) is 0.208. The number of rotatable bonds is 10. The molecule has 2 aromatic carbocycles. The molecule has 10 nitrogen and oxygen atoms in total. The van der Waals surface area contributed by atoms with E-state index in [1.807, 2.05) is 30.3 Å². The fourth-order valence-electron chi connectivity index (χ4n) is 4.08. The van der Waals surface area contributed by atoms with Gasteiger partial charge in [0.25, 0.3) is 5.69 Å². The average molecular weight is 523 g/mol. The largest absolute Gasteiger partial charge is 0.462 e. The number of hydrogen-bond acceptors (Lipinski definition) is 9. The van der Waals surface area contributed by atoms with E-state index in [1.54, 1.807) is 33.8 Å². The molecule has 1 unspecified atom stereocenters. The molecule has 200 valence electrons. The second kappa shape index (κ2) is 12.7. The standard InChI is InChI=1S/C28H30N2O8/c1-17(2)38-28(33)25-19(4)29-18(3)24(26(25)21-11-8-12-22(15-21)30(34)35)27(32)36-14-13-23(31)37-16-20-9-6-5-7-10-20/h5-12,15,17,26,29H,13-14,16H2,1-4H3. The molecule has 0 radical (unpaired) electrons. The van der Waals surface area contributed by atoms with Crippen molar-refractivity contribution in [1.29, 1.82) is 0 Å². The second-order valence-corrected chi connectivity index (χ2v) is 8.97. The van der Waals surface area contributed by atoms with Gasteiger partial charge in [-0.2, -0.15) is 0 Å². The zero-order valence-corrected chi connectivity index (χ0v) is 21.7. The second-order valence-electron chi connectivity index (χ2n) is 8.97. The van der Waals surface area contributed by atoms with Crippen molar-refractivity contribution in [3.05, 3.63) is 98.4 Å². The van der Waals surface area contributed by atoms with Crippen LogP contribution in [0.5, 0.6) is 0 Å². The van der Waals surface area contributed by atoms with E-state index in [0.29, 0.717) is 17.0 Å². The summed E-state index contributed by atoms with van der Waals surface area (Å²) in [6.45, 7) is 6.54. The van der Waals surface area contributed by atoms with Crippen LogP contribution in [0.15, 0.2) is 77.1 Å². The molecule has 1 heterocycles. The van der Waals surface area contributed by atoms with E-state index in [-0.39, 0.29) is 36.5 Å². The van der Waals surface area contributed by atoms with Gasteiger partial charge in [0.15, 0.2) is 0 Å². The Labute approximate surface area is 220 Å². The van der Waals surface area contributed by atoms with Gasteiger partial charge < -0.3 is 19.5 Å². The van der Waals surface area contributed by atoms with Crippen LogP contribution in [-0.2, 0) is 35.2 Å². The summed E-state index contributed by atoms with van der Waals surface area (Å²) in [5.74, 6) is -2.96. The van der Waals surface area contributed by atoms with Crippen molar-refractivity contribution in [2.24, 2.45) is 0 Å². The number of nitro benzene ring substituents is 1. The van der Waals surface area contributed by atoms with Gasteiger partial charge in [0.2, 0.25) is 0 Å². The lowest BCUT2D eigenvalue weighted by Gasteiger charge is -2.30. The summed E-state index contributed by atoms with van der Waals surface area (Å²) in [4.78, 5) is 49.4. The number of nitro groups is 1. The van der Waals surface area contributed by atoms with E-state index in [2.05, 4.69) is 5.32 Å². The molecule has 3 rings (SSSR count). The number of ether oxygens (including phenoxy) is 3. The molecule has 0 aromatic heterocycles. The molecular formula is C28H30N2O8. The van der Waals surface area contributed by atoms with Gasteiger partial charge in [-0.25, -0.2) is 9.59 Å². The SMILES string of the molecule is CC1=C(C(=O)OCCC(=O)OCc2ccccc2)C(c2cccc([N+](=O)[O-])c2)C(C(=O)OC(C)C)=C(C)N1. The minimum atomic E-state index is -0.986. The number of carbonyl (C=O) groups is 3. The number of dihydropyridines is 1. The normalized spacial score (nSPS) is 15.1. The van der Waals surface area contributed by atoms with Gasteiger partial charge in [-0.05, 0) is 38.8 Å². The Morgan fingerprint density at radius 2 is 1.61 bits per heavy atom. The lowest BCUT2D eigenvalue weighted by Crippen LogP contribution is -2.33. The van der Waals surface area contributed by atoms with Crippen LogP contribution in [0, 0.1) is 10.1 Å². The molecule has 1 aliphatic heterocycles. The molecule has 2 aromatic rings. The zero-order chi connectivity index (χ0) is 27.8. The molecule has 1 aliphatic rings. The van der Waals surface area contributed by atoms with Crippen molar-refractivity contribution in [2.75, 3.05) is 6.61 Å². The molecule has 0 saturated heterocycles. The summed E-state index contributed by atoms with van der Waals surface area (Å²) in [5, 5.41) is 14.5. The number of allylic oxidation sites excluding steroid dienone is 2. The molecule has 0 aliphatic carbocycles.